The lowest BCUT2D eigenvalue weighted by Crippen LogP contribution is -2.12. The number of nitrogens with one attached hydrogen (secondary N) is 2. The first kappa shape index (κ1) is 17.1. The lowest BCUT2D eigenvalue weighted by molar-refractivity contribution is 0.627. The molecule has 7 nitrogen and oxygen atoms in total. The van der Waals surface area contributed by atoms with E-state index in [9.17, 15) is 4.79 Å². The molecule has 4 aromatic rings. The van der Waals surface area contributed by atoms with Crippen LogP contribution in [0.4, 0.5) is 0 Å². The number of fused-ring (bicyclic) bond motifs is 1. The van der Waals surface area contributed by atoms with Gasteiger partial charge >= 0.3 is 0 Å². The molecule has 2 N–H and O–H groups in total. The highest BCUT2D eigenvalue weighted by atomic mass is 16.1. The highest BCUT2D eigenvalue weighted by Gasteiger charge is 2.14. The molecule has 0 saturated carbocycles. The Bertz CT molecular complexity index is 1110. The molecular formula is C20H20N6O. The van der Waals surface area contributed by atoms with Crippen molar-refractivity contribution in [2.24, 2.45) is 0 Å². The summed E-state index contributed by atoms with van der Waals surface area (Å²) < 4.78 is 0. The van der Waals surface area contributed by atoms with Gasteiger partial charge < -0.3 is 4.98 Å². The predicted octanol–water partition coefficient (Wildman–Crippen LogP) is 3.67. The van der Waals surface area contributed by atoms with Gasteiger partial charge in [0.25, 0.3) is 5.56 Å². The van der Waals surface area contributed by atoms with Gasteiger partial charge in [0.15, 0.2) is 0 Å². The number of H-pyrrole nitrogens is 2. The van der Waals surface area contributed by atoms with E-state index in [-0.39, 0.29) is 11.5 Å². The second-order valence-corrected chi connectivity index (χ2v) is 6.59. The fraction of sp³-hybridized carbons (Fsp3) is 0.250. The van der Waals surface area contributed by atoms with Crippen LogP contribution < -0.4 is 5.56 Å². The van der Waals surface area contributed by atoms with Crippen molar-refractivity contribution >= 4 is 11.0 Å². The summed E-state index contributed by atoms with van der Waals surface area (Å²) in [5, 5.41) is 6.72. The second kappa shape index (κ2) is 7.11. The van der Waals surface area contributed by atoms with E-state index in [0.29, 0.717) is 22.8 Å². The van der Waals surface area contributed by atoms with Gasteiger partial charge in [-0.2, -0.15) is 5.10 Å². The number of nitrogens with zero attached hydrogens (tertiary/aromatic N) is 4. The van der Waals surface area contributed by atoms with Crippen LogP contribution in [0, 0.1) is 0 Å². The molecule has 0 bridgehead atoms. The lowest BCUT2D eigenvalue weighted by Gasteiger charge is -2.09. The summed E-state index contributed by atoms with van der Waals surface area (Å²) >= 11 is 0. The molecule has 3 heterocycles. The minimum Gasteiger partial charge on any atom is -0.338 e. The Morgan fingerprint density at radius 2 is 1.96 bits per heavy atom. The monoisotopic (exact) mass is 360 g/mol. The molecule has 0 spiro atoms. The van der Waals surface area contributed by atoms with Crippen LogP contribution in [0.3, 0.4) is 0 Å². The van der Waals surface area contributed by atoms with E-state index >= 15 is 0 Å². The molecule has 7 heteroatoms. The van der Waals surface area contributed by atoms with Gasteiger partial charge in [-0.1, -0.05) is 32.4 Å². The Kier molecular flexibility index (Phi) is 4.50. The van der Waals surface area contributed by atoms with Crippen LogP contribution in [0.1, 0.15) is 38.4 Å². The van der Waals surface area contributed by atoms with Crippen LogP contribution in [-0.2, 0) is 0 Å². The Hall–Kier alpha value is -3.35. The van der Waals surface area contributed by atoms with Gasteiger partial charge in [0.1, 0.15) is 17.3 Å². The molecule has 0 aliphatic heterocycles. The molecule has 1 atom stereocenters. The topological polar surface area (TPSA) is 100 Å². The number of aromatic amines is 2. The van der Waals surface area contributed by atoms with E-state index in [1.807, 2.05) is 24.3 Å². The van der Waals surface area contributed by atoms with E-state index in [1.165, 1.54) is 0 Å². The normalized spacial score (nSPS) is 12.4. The predicted molar refractivity (Wildman–Crippen MR) is 104 cm³/mol. The zero-order chi connectivity index (χ0) is 18.8. The van der Waals surface area contributed by atoms with Crippen LogP contribution in [-0.4, -0.2) is 30.1 Å². The Balaban J connectivity index is 1.77. The molecule has 136 valence electrons. The van der Waals surface area contributed by atoms with E-state index in [1.54, 1.807) is 18.3 Å². The smallest absolute Gasteiger partial charge is 0.275 e. The fourth-order valence-corrected chi connectivity index (χ4v) is 3.11. The van der Waals surface area contributed by atoms with E-state index in [4.69, 9.17) is 0 Å². The minimum atomic E-state index is -0.300. The van der Waals surface area contributed by atoms with Crippen LogP contribution >= 0.6 is 0 Å². The minimum absolute atomic E-state index is 0.271. The molecular weight excluding hydrogens is 340 g/mol. The molecule has 3 aromatic heterocycles. The van der Waals surface area contributed by atoms with Crippen molar-refractivity contribution in [3.8, 4) is 22.8 Å². The number of para-hydroxylation sites is 2. The van der Waals surface area contributed by atoms with Crippen molar-refractivity contribution in [2.75, 3.05) is 0 Å². The molecule has 0 amide bonds. The average molecular weight is 360 g/mol. The third-order valence-corrected chi connectivity index (χ3v) is 4.55. The number of hydrogen-bond donors (Lipinski definition) is 2. The van der Waals surface area contributed by atoms with Crippen molar-refractivity contribution in [3.63, 3.8) is 0 Å². The largest absolute Gasteiger partial charge is 0.338 e. The van der Waals surface area contributed by atoms with Crippen LogP contribution in [0.25, 0.3) is 33.8 Å². The van der Waals surface area contributed by atoms with Crippen molar-refractivity contribution < 1.29 is 0 Å². The van der Waals surface area contributed by atoms with Gasteiger partial charge in [0.2, 0.25) is 0 Å². The maximum absolute atomic E-state index is 12.3. The molecule has 0 saturated heterocycles. The number of aromatic nitrogens is 6. The number of imidazole rings is 1. The molecule has 0 radical (unpaired) electrons. The summed E-state index contributed by atoms with van der Waals surface area (Å²) in [6.45, 7) is 4.26. The zero-order valence-corrected chi connectivity index (χ0v) is 15.2. The van der Waals surface area contributed by atoms with Gasteiger partial charge in [0.05, 0.1) is 22.3 Å². The Morgan fingerprint density at radius 1 is 1.11 bits per heavy atom. The molecule has 0 fully saturated rings. The Labute approximate surface area is 155 Å². The first-order valence-electron chi connectivity index (χ1n) is 9.04. The number of hydrogen-bond acceptors (Lipinski definition) is 5. The number of rotatable bonds is 5. The molecule has 1 aromatic carbocycles. The molecule has 27 heavy (non-hydrogen) atoms. The van der Waals surface area contributed by atoms with E-state index in [2.05, 4.69) is 44.0 Å². The number of benzene rings is 1. The third kappa shape index (κ3) is 3.36. The van der Waals surface area contributed by atoms with Gasteiger partial charge in [0, 0.05) is 12.1 Å². The highest BCUT2D eigenvalue weighted by Crippen LogP contribution is 2.23. The van der Waals surface area contributed by atoms with Crippen LogP contribution in [0.15, 0.2) is 47.4 Å². The fourth-order valence-electron chi connectivity index (χ4n) is 3.11. The third-order valence-electron chi connectivity index (χ3n) is 4.55. The maximum atomic E-state index is 12.3. The van der Waals surface area contributed by atoms with Crippen molar-refractivity contribution in [1.82, 2.24) is 30.1 Å². The van der Waals surface area contributed by atoms with Crippen LogP contribution in [0.2, 0.25) is 0 Å². The quantitative estimate of drug-likeness (QED) is 0.565. The first-order chi connectivity index (χ1) is 13.2. The van der Waals surface area contributed by atoms with Gasteiger partial charge in [-0.3, -0.25) is 4.79 Å². The molecule has 1 unspecified atom stereocenters. The zero-order valence-electron chi connectivity index (χ0n) is 15.2. The second-order valence-electron chi connectivity index (χ2n) is 6.59. The summed E-state index contributed by atoms with van der Waals surface area (Å²) in [5.74, 6) is 1.56. The standard InChI is InChI=1S/C20H20N6O/c1-3-6-12(2)18-21-10-9-16(22-18)17-11-13(20(27)26-25-17)19-23-14-7-4-5-8-15(14)24-19/h4-5,7-12H,3,6H2,1-2H3,(H,23,24)(H,26,27). The van der Waals surface area contributed by atoms with Gasteiger partial charge in [-0.05, 0) is 30.7 Å². The SMILES string of the molecule is CCCC(C)c1nccc(-c2cc(-c3nc4ccccc4[nH]3)c(=O)[nH]n2)n1. The van der Waals surface area contributed by atoms with E-state index in [0.717, 1.165) is 29.7 Å². The van der Waals surface area contributed by atoms with Crippen molar-refractivity contribution in [1.29, 1.82) is 0 Å². The maximum Gasteiger partial charge on any atom is 0.275 e. The summed E-state index contributed by atoms with van der Waals surface area (Å²) in [6.07, 6.45) is 3.83. The summed E-state index contributed by atoms with van der Waals surface area (Å²) in [5.41, 5.74) is 3.07. The van der Waals surface area contributed by atoms with Crippen LogP contribution in [0.5, 0.6) is 0 Å². The van der Waals surface area contributed by atoms with E-state index < -0.39 is 0 Å². The lowest BCUT2D eigenvalue weighted by atomic mass is 10.1. The summed E-state index contributed by atoms with van der Waals surface area (Å²) in [4.78, 5) is 29.1. The van der Waals surface area contributed by atoms with Crippen molar-refractivity contribution in [3.05, 3.63) is 58.8 Å². The summed E-state index contributed by atoms with van der Waals surface area (Å²) in [7, 11) is 0. The van der Waals surface area contributed by atoms with Gasteiger partial charge in [-0.15, -0.1) is 0 Å². The molecule has 4 rings (SSSR count). The van der Waals surface area contributed by atoms with Gasteiger partial charge in [-0.25, -0.2) is 20.1 Å². The highest BCUT2D eigenvalue weighted by molar-refractivity contribution is 5.79. The first-order valence-corrected chi connectivity index (χ1v) is 9.04. The average Bonchev–Trinajstić information content (AvgIpc) is 3.12. The van der Waals surface area contributed by atoms with Crippen molar-refractivity contribution in [2.45, 2.75) is 32.6 Å². The Morgan fingerprint density at radius 3 is 2.78 bits per heavy atom. The molecule has 0 aliphatic carbocycles. The summed E-state index contributed by atoms with van der Waals surface area (Å²) in [6, 6.07) is 11.2. The molecule has 0 aliphatic rings.